The van der Waals surface area contributed by atoms with E-state index in [1.165, 1.54) is 0 Å². The number of halogens is 1. The number of rotatable bonds is 3. The minimum atomic E-state index is -0.627. The van der Waals surface area contributed by atoms with Crippen LogP contribution in [0, 0.1) is 0 Å². The lowest BCUT2D eigenvalue weighted by Crippen LogP contribution is -2.19. The first kappa shape index (κ1) is 11.2. The molecule has 0 spiro atoms. The maximum atomic E-state index is 11.0. The second-order valence-electron chi connectivity index (χ2n) is 3.41. The minimum Gasteiger partial charge on any atom is -0.487 e. The molecule has 1 fully saturated rings. The van der Waals surface area contributed by atoms with Gasteiger partial charge in [0, 0.05) is 5.02 Å². The first-order valence-electron chi connectivity index (χ1n) is 4.89. The van der Waals surface area contributed by atoms with Crippen LogP contribution in [0.5, 0.6) is 5.75 Å². The van der Waals surface area contributed by atoms with Crippen molar-refractivity contribution >= 4 is 17.6 Å². The fourth-order valence-electron chi connectivity index (χ4n) is 1.30. The van der Waals surface area contributed by atoms with Gasteiger partial charge in [0.05, 0.1) is 0 Å². The fraction of sp³-hybridized carbons (Fsp3) is 0.364. The lowest BCUT2D eigenvalue weighted by Gasteiger charge is -2.10. The average molecular weight is 243 g/mol. The van der Waals surface area contributed by atoms with Crippen LogP contribution < -0.4 is 4.74 Å². The molecular weight excluding hydrogens is 232 g/mol. The lowest BCUT2D eigenvalue weighted by atomic mass is 10.3. The summed E-state index contributed by atoms with van der Waals surface area (Å²) in [5.41, 5.74) is 0. The Labute approximate surface area is 98.1 Å². The monoisotopic (exact) mass is 242 g/mol. The van der Waals surface area contributed by atoms with Crippen LogP contribution >= 0.6 is 11.6 Å². The van der Waals surface area contributed by atoms with Crippen molar-refractivity contribution < 1.29 is 19.0 Å². The highest BCUT2D eigenvalue weighted by molar-refractivity contribution is 6.30. The smallest absolute Gasteiger partial charge is 0.337 e. The Hall–Kier alpha value is -1.26. The van der Waals surface area contributed by atoms with E-state index in [-0.39, 0.29) is 12.6 Å². The molecule has 0 radical (unpaired) electrons. The fourth-order valence-corrected chi connectivity index (χ4v) is 1.43. The van der Waals surface area contributed by atoms with Gasteiger partial charge in [0.15, 0.2) is 12.7 Å². The predicted octanol–water partition coefficient (Wildman–Crippen LogP) is 2.01. The van der Waals surface area contributed by atoms with Gasteiger partial charge in [0.25, 0.3) is 0 Å². The van der Waals surface area contributed by atoms with E-state index >= 15 is 0 Å². The Kier molecular flexibility index (Phi) is 3.31. The van der Waals surface area contributed by atoms with Crippen molar-refractivity contribution in [2.24, 2.45) is 0 Å². The predicted molar refractivity (Wildman–Crippen MR) is 57.4 cm³/mol. The van der Waals surface area contributed by atoms with Crippen molar-refractivity contribution in [2.75, 3.05) is 6.61 Å². The van der Waals surface area contributed by atoms with Crippen LogP contribution in [-0.4, -0.2) is 25.0 Å². The summed E-state index contributed by atoms with van der Waals surface area (Å²) in [4.78, 5) is 11.0. The van der Waals surface area contributed by atoms with Gasteiger partial charge in [-0.1, -0.05) is 11.6 Å². The molecule has 1 heterocycles. The van der Waals surface area contributed by atoms with Crippen LogP contribution in [0.4, 0.5) is 0 Å². The van der Waals surface area contributed by atoms with E-state index in [1.54, 1.807) is 31.2 Å². The van der Waals surface area contributed by atoms with Gasteiger partial charge in [-0.05, 0) is 31.2 Å². The molecule has 1 saturated heterocycles. The Morgan fingerprint density at radius 1 is 1.38 bits per heavy atom. The molecule has 0 saturated carbocycles. The van der Waals surface area contributed by atoms with Crippen LogP contribution in [-0.2, 0) is 14.3 Å². The third kappa shape index (κ3) is 2.65. The maximum Gasteiger partial charge on any atom is 0.337 e. The number of carbonyl (C=O) groups is 1. The van der Waals surface area contributed by atoms with E-state index in [4.69, 9.17) is 25.8 Å². The molecule has 2 atom stereocenters. The van der Waals surface area contributed by atoms with Gasteiger partial charge < -0.3 is 14.2 Å². The van der Waals surface area contributed by atoms with E-state index in [0.29, 0.717) is 10.8 Å². The molecule has 5 heteroatoms. The minimum absolute atomic E-state index is 0.178. The quantitative estimate of drug-likeness (QED) is 0.761. The van der Waals surface area contributed by atoms with Crippen molar-refractivity contribution in [1.29, 1.82) is 0 Å². The normalized spacial score (nSPS) is 24.2. The van der Waals surface area contributed by atoms with Crippen LogP contribution in [0.3, 0.4) is 0 Å². The summed E-state index contributed by atoms with van der Waals surface area (Å²) in [6, 6.07) is 6.92. The van der Waals surface area contributed by atoms with E-state index < -0.39 is 12.4 Å². The zero-order chi connectivity index (χ0) is 11.5. The van der Waals surface area contributed by atoms with E-state index in [9.17, 15) is 4.79 Å². The number of benzene rings is 1. The number of cyclic esters (lactones) is 1. The number of hydrogen-bond donors (Lipinski definition) is 0. The van der Waals surface area contributed by atoms with Gasteiger partial charge in [-0.3, -0.25) is 0 Å². The zero-order valence-corrected chi connectivity index (χ0v) is 9.44. The molecular formula is C11H11ClO4. The first-order chi connectivity index (χ1) is 7.65. The Balaban J connectivity index is 1.84. The molecule has 1 aromatic rings. The molecule has 0 amide bonds. The van der Waals surface area contributed by atoms with E-state index in [1.807, 2.05) is 0 Å². The highest BCUT2D eigenvalue weighted by Gasteiger charge is 2.31. The topological polar surface area (TPSA) is 44.8 Å². The number of hydrogen-bond acceptors (Lipinski definition) is 4. The van der Waals surface area contributed by atoms with Crippen LogP contribution in [0.25, 0.3) is 0 Å². The first-order valence-corrected chi connectivity index (χ1v) is 5.27. The summed E-state index contributed by atoms with van der Waals surface area (Å²) in [6.45, 7) is 1.82. The summed E-state index contributed by atoms with van der Waals surface area (Å²) >= 11 is 5.73. The number of esters is 1. The largest absolute Gasteiger partial charge is 0.487 e. The van der Waals surface area contributed by atoms with Crippen molar-refractivity contribution in [3.05, 3.63) is 29.3 Å². The Bertz CT molecular complexity index is 376. The second kappa shape index (κ2) is 4.72. The van der Waals surface area contributed by atoms with Gasteiger partial charge in [-0.25, -0.2) is 4.79 Å². The summed E-state index contributed by atoms with van der Waals surface area (Å²) in [5, 5.41) is 0.643. The lowest BCUT2D eigenvalue weighted by molar-refractivity contribution is -0.145. The van der Waals surface area contributed by atoms with Gasteiger partial charge >= 0.3 is 5.97 Å². The highest BCUT2D eigenvalue weighted by atomic mass is 35.5. The molecule has 0 bridgehead atoms. The van der Waals surface area contributed by atoms with Crippen molar-refractivity contribution in [2.45, 2.75) is 19.3 Å². The molecule has 4 nitrogen and oxygen atoms in total. The molecule has 16 heavy (non-hydrogen) atoms. The van der Waals surface area contributed by atoms with E-state index in [2.05, 4.69) is 0 Å². The maximum absolute atomic E-state index is 11.0. The van der Waals surface area contributed by atoms with Crippen LogP contribution in [0.1, 0.15) is 6.92 Å². The van der Waals surface area contributed by atoms with Crippen LogP contribution in [0.15, 0.2) is 24.3 Å². The highest BCUT2D eigenvalue weighted by Crippen LogP contribution is 2.18. The number of ether oxygens (including phenoxy) is 3. The van der Waals surface area contributed by atoms with Gasteiger partial charge in [-0.2, -0.15) is 0 Å². The standard InChI is InChI=1S/C11H11ClO4/c1-7-11(13)16-10(15-7)6-14-9-4-2-8(12)3-5-9/h2-5,7,10H,6H2,1H3/t7-,10-/m0/s1. The molecule has 0 aliphatic carbocycles. The molecule has 2 rings (SSSR count). The molecule has 0 unspecified atom stereocenters. The van der Waals surface area contributed by atoms with Crippen LogP contribution in [0.2, 0.25) is 5.02 Å². The second-order valence-corrected chi connectivity index (χ2v) is 3.85. The van der Waals surface area contributed by atoms with Gasteiger partial charge in [0.1, 0.15) is 5.75 Å². The molecule has 0 aromatic heterocycles. The summed E-state index contributed by atoms with van der Waals surface area (Å²) in [6.07, 6.45) is -1.14. The summed E-state index contributed by atoms with van der Waals surface area (Å²) in [7, 11) is 0. The summed E-state index contributed by atoms with van der Waals surface area (Å²) < 4.78 is 15.5. The van der Waals surface area contributed by atoms with Crippen molar-refractivity contribution in [3.63, 3.8) is 0 Å². The molecule has 86 valence electrons. The Morgan fingerprint density at radius 3 is 2.62 bits per heavy atom. The molecule has 1 aliphatic heterocycles. The van der Waals surface area contributed by atoms with Crippen molar-refractivity contribution in [3.8, 4) is 5.75 Å². The zero-order valence-electron chi connectivity index (χ0n) is 8.68. The third-order valence-corrected chi connectivity index (χ3v) is 2.39. The number of carbonyl (C=O) groups excluding carboxylic acids is 1. The SMILES string of the molecule is C[C@@H]1O[C@H](COc2ccc(Cl)cc2)OC1=O. The average Bonchev–Trinajstić information content (AvgIpc) is 2.58. The molecule has 1 aliphatic rings. The van der Waals surface area contributed by atoms with Gasteiger partial charge in [0.2, 0.25) is 6.29 Å². The van der Waals surface area contributed by atoms with Crippen molar-refractivity contribution in [1.82, 2.24) is 0 Å². The summed E-state index contributed by atoms with van der Waals surface area (Å²) in [5.74, 6) is 0.299. The third-order valence-electron chi connectivity index (χ3n) is 2.14. The Morgan fingerprint density at radius 2 is 2.06 bits per heavy atom. The molecule has 0 N–H and O–H groups in total. The molecule has 1 aromatic carbocycles. The van der Waals surface area contributed by atoms with E-state index in [0.717, 1.165) is 0 Å². The van der Waals surface area contributed by atoms with Gasteiger partial charge in [-0.15, -0.1) is 0 Å².